The molecule has 0 saturated carbocycles. The summed E-state index contributed by atoms with van der Waals surface area (Å²) in [6.07, 6.45) is -2.45. The molecule has 12 nitrogen and oxygen atoms in total. The number of likely N-dealkylation sites (tertiary alicyclic amines) is 1. The maximum Gasteiger partial charge on any atom is 0.406 e. The molecule has 7 rings (SSSR count). The highest BCUT2D eigenvalue weighted by molar-refractivity contribution is 8.00. The first kappa shape index (κ1) is 37.4. The van der Waals surface area contributed by atoms with Crippen LogP contribution < -0.4 is 10.6 Å². The quantitative estimate of drug-likeness (QED) is 0.0668. The van der Waals surface area contributed by atoms with E-state index in [1.807, 2.05) is 91.0 Å². The second kappa shape index (κ2) is 15.1. The van der Waals surface area contributed by atoms with Gasteiger partial charge in [-0.15, -0.1) is 23.1 Å². The van der Waals surface area contributed by atoms with Crippen LogP contribution in [0.3, 0.4) is 0 Å². The Bertz CT molecular complexity index is 2120. The fourth-order valence-electron chi connectivity index (χ4n) is 6.89. The van der Waals surface area contributed by atoms with E-state index in [-0.39, 0.29) is 40.8 Å². The summed E-state index contributed by atoms with van der Waals surface area (Å²) in [6.45, 7) is -1.61. The van der Waals surface area contributed by atoms with Crippen LogP contribution in [0.15, 0.2) is 124 Å². The van der Waals surface area contributed by atoms with E-state index in [1.165, 1.54) is 11.5 Å². The van der Waals surface area contributed by atoms with Crippen LogP contribution in [-0.2, 0) is 29.6 Å². The predicted molar refractivity (Wildman–Crippen MR) is 200 cm³/mol. The number of carbonyl (C=O) groups is 4. The van der Waals surface area contributed by atoms with E-state index in [2.05, 4.69) is 10.1 Å². The predicted octanol–water partition coefficient (Wildman–Crippen LogP) is 5.40. The number of halogens is 3. The number of benzene rings is 3. The fraction of sp³-hybridized carbons (Fsp3) is 0.211. The summed E-state index contributed by atoms with van der Waals surface area (Å²) < 4.78 is 39.0. The first-order valence-electron chi connectivity index (χ1n) is 16.8. The third-order valence-corrected chi connectivity index (χ3v) is 11.2. The minimum absolute atomic E-state index is 0.00474. The van der Waals surface area contributed by atoms with Crippen LogP contribution in [0.25, 0.3) is 0 Å². The molecule has 3 aromatic carbocycles. The van der Waals surface area contributed by atoms with Crippen molar-refractivity contribution in [1.29, 1.82) is 0 Å². The molecule has 0 aliphatic carbocycles. The van der Waals surface area contributed by atoms with Crippen molar-refractivity contribution >= 4 is 64.0 Å². The molecule has 0 spiro atoms. The van der Waals surface area contributed by atoms with Gasteiger partial charge in [0.1, 0.15) is 35.7 Å². The molecule has 3 N–H and O–H groups in total. The largest absolute Gasteiger partial charge is 0.477 e. The van der Waals surface area contributed by atoms with E-state index in [1.54, 1.807) is 0 Å². The van der Waals surface area contributed by atoms with Crippen molar-refractivity contribution in [3.8, 4) is 0 Å². The van der Waals surface area contributed by atoms with Gasteiger partial charge in [0.05, 0.1) is 0 Å². The zero-order chi connectivity index (χ0) is 38.9. The molecule has 1 aromatic heterocycles. The third kappa shape index (κ3) is 7.19. The van der Waals surface area contributed by atoms with Crippen molar-refractivity contribution in [1.82, 2.24) is 14.8 Å². The number of nitrogens with two attached hydrogens (primary N) is 1. The molecule has 2 atom stereocenters. The van der Waals surface area contributed by atoms with Crippen molar-refractivity contribution in [2.24, 2.45) is 5.16 Å². The number of oxime groups is 1. The van der Waals surface area contributed by atoms with Gasteiger partial charge in [0.2, 0.25) is 11.5 Å². The Morgan fingerprint density at radius 2 is 1.56 bits per heavy atom. The Hall–Kier alpha value is -5.94. The summed E-state index contributed by atoms with van der Waals surface area (Å²) in [7, 11) is 0. The Morgan fingerprint density at radius 3 is 2.07 bits per heavy atom. The maximum absolute atomic E-state index is 14.2. The number of aromatic nitrogens is 1. The van der Waals surface area contributed by atoms with Crippen molar-refractivity contribution in [2.75, 3.05) is 29.5 Å². The lowest BCUT2D eigenvalue weighted by molar-refractivity contribution is -0.156. The van der Waals surface area contributed by atoms with Gasteiger partial charge >= 0.3 is 12.1 Å². The zero-order valence-electron chi connectivity index (χ0n) is 28.6. The molecule has 2 fully saturated rings. The number of fused-ring (bicyclic) bond motifs is 1. The highest BCUT2D eigenvalue weighted by atomic mass is 32.2. The summed E-state index contributed by atoms with van der Waals surface area (Å²) >= 11 is 2.15. The standard InChI is InChI=1S/C38H31F3N6O6S2/c39-37(40,41)22-45-17-16-23(32(45)49)18-24-20-54-34-31(33(50)47(34)30(24)35(51)52)46(28-21-55-36(42)44-28)29(48)19-43-53-38(25-10-4-1-5-11-25,26-12-6-2-7-13-26)27-14-8-3-9-15-27/h1-15,18-19,21,31,34H,16-17,20,22H2,(H2,42,44)(H,51,52)/t31-,34-/m1/s1. The number of rotatable bonds is 11. The Labute approximate surface area is 320 Å². The van der Waals surface area contributed by atoms with Gasteiger partial charge in [-0.05, 0) is 18.1 Å². The first-order valence-corrected chi connectivity index (χ1v) is 18.7. The van der Waals surface area contributed by atoms with Crippen molar-refractivity contribution in [2.45, 2.75) is 29.6 Å². The number of hydrogen-bond acceptors (Lipinski definition) is 10. The van der Waals surface area contributed by atoms with E-state index in [0.717, 1.165) is 55.8 Å². The average Bonchev–Trinajstić information content (AvgIpc) is 3.76. The van der Waals surface area contributed by atoms with Crippen LogP contribution in [0, 0.1) is 0 Å². The highest BCUT2D eigenvalue weighted by Gasteiger charge is 2.57. The monoisotopic (exact) mass is 788 g/mol. The molecular weight excluding hydrogens is 758 g/mol. The number of nitrogen functional groups attached to an aromatic ring is 1. The molecular formula is C38H31F3N6O6S2. The van der Waals surface area contributed by atoms with Crippen molar-refractivity contribution in [3.05, 3.63) is 136 Å². The summed E-state index contributed by atoms with van der Waals surface area (Å²) in [4.78, 5) is 66.8. The number of nitrogens with zero attached hydrogens (tertiary/aromatic N) is 5. The molecule has 55 heavy (non-hydrogen) atoms. The zero-order valence-corrected chi connectivity index (χ0v) is 30.3. The minimum Gasteiger partial charge on any atom is -0.477 e. The van der Waals surface area contributed by atoms with Gasteiger partial charge in [0, 0.05) is 39.9 Å². The molecule has 0 unspecified atom stereocenters. The topological polar surface area (TPSA) is 159 Å². The van der Waals surface area contributed by atoms with Gasteiger partial charge in [-0.2, -0.15) is 13.2 Å². The second-order valence-corrected chi connectivity index (χ2v) is 14.6. The molecule has 0 radical (unpaired) electrons. The molecule has 4 aromatic rings. The van der Waals surface area contributed by atoms with Crippen LogP contribution in [0.2, 0.25) is 0 Å². The SMILES string of the molecule is Nc1nc(N(C(=O)C=NOC(c2ccccc2)(c2ccccc2)c2ccccc2)[C@@H]2C(=O)N3C(C(=O)O)=C(C=C4CCN(CC(F)(F)F)C4=O)CS[C@H]23)cs1. The first-order chi connectivity index (χ1) is 26.4. The van der Waals surface area contributed by atoms with Gasteiger partial charge in [0.25, 0.3) is 11.8 Å². The number of carboxylic acid groups (broad SMARTS) is 1. The van der Waals surface area contributed by atoms with E-state index in [4.69, 9.17) is 10.6 Å². The van der Waals surface area contributed by atoms with Gasteiger partial charge in [0.15, 0.2) is 5.13 Å². The number of thiazole rings is 1. The molecule has 2 saturated heterocycles. The summed E-state index contributed by atoms with van der Waals surface area (Å²) in [5, 5.41) is 15.2. The molecule has 282 valence electrons. The van der Waals surface area contributed by atoms with E-state index in [9.17, 15) is 37.5 Å². The number of thioether (sulfide) groups is 1. The van der Waals surface area contributed by atoms with Crippen molar-refractivity contribution in [3.63, 3.8) is 0 Å². The third-order valence-electron chi connectivity index (χ3n) is 9.27. The summed E-state index contributed by atoms with van der Waals surface area (Å²) in [5.41, 5.74) is 6.44. The number of amides is 3. The molecule has 3 aliphatic heterocycles. The maximum atomic E-state index is 14.2. The van der Waals surface area contributed by atoms with Gasteiger partial charge in [-0.3, -0.25) is 24.2 Å². The van der Waals surface area contributed by atoms with Gasteiger partial charge in [-0.1, -0.05) is 96.2 Å². The number of β-lactam (4-membered cyclic amide) rings is 1. The van der Waals surface area contributed by atoms with Crippen LogP contribution in [0.4, 0.5) is 24.1 Å². The van der Waals surface area contributed by atoms with Crippen LogP contribution >= 0.6 is 23.1 Å². The van der Waals surface area contributed by atoms with Crippen LogP contribution in [0.1, 0.15) is 23.1 Å². The van der Waals surface area contributed by atoms with E-state index < -0.39 is 59.1 Å². The summed E-state index contributed by atoms with van der Waals surface area (Å²) in [5.74, 6) is -3.89. The Kier molecular flexibility index (Phi) is 10.2. The number of carboxylic acids is 1. The number of aliphatic carboxylic acids is 1. The minimum atomic E-state index is -4.60. The van der Waals surface area contributed by atoms with Crippen LogP contribution in [-0.4, -0.2) is 86.2 Å². The summed E-state index contributed by atoms with van der Waals surface area (Å²) in [6, 6.07) is 26.7. The number of anilines is 2. The van der Waals surface area contributed by atoms with Crippen molar-refractivity contribution < 1.29 is 42.3 Å². The van der Waals surface area contributed by atoms with Gasteiger partial charge in [-0.25, -0.2) is 9.78 Å². The Balaban J connectivity index is 1.20. The average molecular weight is 789 g/mol. The van der Waals surface area contributed by atoms with E-state index in [0.29, 0.717) is 4.90 Å². The number of hydrogen-bond donors (Lipinski definition) is 2. The van der Waals surface area contributed by atoms with Crippen LogP contribution in [0.5, 0.6) is 0 Å². The molecule has 0 bridgehead atoms. The lowest BCUT2D eigenvalue weighted by Gasteiger charge is -2.52. The molecule has 3 amide bonds. The smallest absolute Gasteiger partial charge is 0.406 e. The van der Waals surface area contributed by atoms with Gasteiger partial charge < -0.3 is 20.6 Å². The fourth-order valence-corrected chi connectivity index (χ4v) is 8.78. The molecule has 17 heteroatoms. The normalized spacial score (nSPS) is 19.5. The highest BCUT2D eigenvalue weighted by Crippen LogP contribution is 2.45. The Morgan fingerprint density at radius 1 is 0.982 bits per heavy atom. The number of carbonyl (C=O) groups excluding carboxylic acids is 3. The number of allylic oxidation sites excluding steroid dienone is 1. The second-order valence-electron chi connectivity index (χ2n) is 12.7. The molecule has 4 heterocycles. The lowest BCUT2D eigenvalue weighted by Crippen LogP contribution is -2.71. The lowest BCUT2D eigenvalue weighted by atomic mass is 9.80. The van der Waals surface area contributed by atoms with E-state index >= 15 is 0 Å². The molecule has 3 aliphatic rings. The number of alkyl halides is 3.